The maximum absolute atomic E-state index is 12.6. The van der Waals surface area contributed by atoms with E-state index < -0.39 is 11.7 Å². The van der Waals surface area contributed by atoms with Crippen LogP contribution in [-0.4, -0.2) is 36.8 Å². The van der Waals surface area contributed by atoms with Crippen molar-refractivity contribution < 1.29 is 17.9 Å². The Balaban J connectivity index is 2.24. The lowest BCUT2D eigenvalue weighted by Crippen LogP contribution is -2.49. The van der Waals surface area contributed by atoms with Crippen molar-refractivity contribution >= 4 is 17.4 Å². The van der Waals surface area contributed by atoms with E-state index in [1.54, 1.807) is 4.90 Å². The van der Waals surface area contributed by atoms with Crippen molar-refractivity contribution in [2.24, 2.45) is 5.73 Å². The normalized spacial score (nSPS) is 24.0. The van der Waals surface area contributed by atoms with Gasteiger partial charge >= 0.3 is 6.18 Å². The standard InChI is InChI=1S/C12H15ClF3N3O/c1-7-5-19(6-9(3-17)20-7)11-10(13)2-8(4-18-11)12(14,15)16/h2,4,7,9H,3,5-6,17H2,1H3. The molecule has 4 nitrogen and oxygen atoms in total. The van der Waals surface area contributed by atoms with Crippen LogP contribution in [0.25, 0.3) is 0 Å². The number of hydrogen-bond donors (Lipinski definition) is 1. The summed E-state index contributed by atoms with van der Waals surface area (Å²) in [4.78, 5) is 5.65. The second-order valence-electron chi connectivity index (χ2n) is 4.74. The number of rotatable bonds is 2. The highest BCUT2D eigenvalue weighted by Gasteiger charge is 2.33. The molecule has 1 fully saturated rings. The first-order chi connectivity index (χ1) is 9.31. The summed E-state index contributed by atoms with van der Waals surface area (Å²) < 4.78 is 43.3. The van der Waals surface area contributed by atoms with Crippen LogP contribution >= 0.6 is 11.6 Å². The van der Waals surface area contributed by atoms with Crippen LogP contribution in [0.15, 0.2) is 12.3 Å². The van der Waals surface area contributed by atoms with Gasteiger partial charge in [0.25, 0.3) is 0 Å². The van der Waals surface area contributed by atoms with Gasteiger partial charge < -0.3 is 15.4 Å². The molecule has 2 atom stereocenters. The number of nitrogens with two attached hydrogens (primary N) is 1. The van der Waals surface area contributed by atoms with E-state index in [1.165, 1.54) is 0 Å². The smallest absolute Gasteiger partial charge is 0.370 e. The van der Waals surface area contributed by atoms with Crippen LogP contribution in [0, 0.1) is 0 Å². The third-order valence-corrected chi connectivity index (χ3v) is 3.32. The number of anilines is 1. The molecule has 1 saturated heterocycles. The molecule has 1 aliphatic rings. The molecule has 2 heterocycles. The number of aromatic nitrogens is 1. The fraction of sp³-hybridized carbons (Fsp3) is 0.583. The summed E-state index contributed by atoms with van der Waals surface area (Å²) in [7, 11) is 0. The minimum absolute atomic E-state index is 0.0234. The van der Waals surface area contributed by atoms with E-state index in [2.05, 4.69) is 4.98 Å². The molecule has 0 amide bonds. The zero-order valence-corrected chi connectivity index (χ0v) is 11.6. The average molecular weight is 310 g/mol. The molecule has 0 radical (unpaired) electrons. The molecule has 8 heteroatoms. The zero-order valence-electron chi connectivity index (χ0n) is 10.8. The number of nitrogens with zero attached hydrogens (tertiary/aromatic N) is 2. The average Bonchev–Trinajstić information content (AvgIpc) is 2.36. The molecule has 0 aliphatic carbocycles. The Labute approximate surface area is 119 Å². The van der Waals surface area contributed by atoms with Gasteiger partial charge in [0.05, 0.1) is 22.8 Å². The van der Waals surface area contributed by atoms with Gasteiger partial charge in [0.15, 0.2) is 0 Å². The molecule has 0 bridgehead atoms. The van der Waals surface area contributed by atoms with Crippen molar-refractivity contribution in [3.8, 4) is 0 Å². The van der Waals surface area contributed by atoms with E-state index in [0.717, 1.165) is 12.3 Å². The lowest BCUT2D eigenvalue weighted by molar-refractivity contribution is -0.137. The van der Waals surface area contributed by atoms with E-state index >= 15 is 0 Å². The van der Waals surface area contributed by atoms with Crippen LogP contribution in [-0.2, 0) is 10.9 Å². The molecule has 0 spiro atoms. The molecule has 1 aromatic rings. The van der Waals surface area contributed by atoms with Gasteiger partial charge in [-0.2, -0.15) is 13.2 Å². The summed E-state index contributed by atoms with van der Waals surface area (Å²) in [5, 5.41) is -0.0234. The Morgan fingerprint density at radius 2 is 2.20 bits per heavy atom. The minimum Gasteiger partial charge on any atom is -0.370 e. The Morgan fingerprint density at radius 3 is 2.75 bits per heavy atom. The first kappa shape index (κ1) is 15.3. The SMILES string of the molecule is CC1CN(c2ncc(C(F)(F)F)cc2Cl)CC(CN)O1. The van der Waals surface area contributed by atoms with Crippen LogP contribution in [0.1, 0.15) is 12.5 Å². The van der Waals surface area contributed by atoms with Gasteiger partial charge in [-0.1, -0.05) is 11.6 Å². The fourth-order valence-corrected chi connectivity index (χ4v) is 2.45. The summed E-state index contributed by atoms with van der Waals surface area (Å²) in [5.41, 5.74) is 4.71. The predicted octanol–water partition coefficient (Wildman–Crippen LogP) is 2.31. The predicted molar refractivity (Wildman–Crippen MR) is 69.9 cm³/mol. The van der Waals surface area contributed by atoms with Crippen LogP contribution in [0.5, 0.6) is 0 Å². The van der Waals surface area contributed by atoms with Crippen molar-refractivity contribution in [3.05, 3.63) is 22.8 Å². The van der Waals surface area contributed by atoms with Crippen molar-refractivity contribution in [2.75, 3.05) is 24.5 Å². The molecular formula is C12H15ClF3N3O. The zero-order chi connectivity index (χ0) is 14.9. The quantitative estimate of drug-likeness (QED) is 0.911. The molecule has 0 saturated carbocycles. The summed E-state index contributed by atoms with van der Waals surface area (Å²) in [6, 6.07) is 0.890. The largest absolute Gasteiger partial charge is 0.417 e. The first-order valence-electron chi connectivity index (χ1n) is 6.14. The van der Waals surface area contributed by atoms with Crippen LogP contribution in [0.2, 0.25) is 5.02 Å². The Bertz CT molecular complexity index is 484. The van der Waals surface area contributed by atoms with Gasteiger partial charge in [0.2, 0.25) is 0 Å². The molecular weight excluding hydrogens is 295 g/mol. The van der Waals surface area contributed by atoms with Gasteiger partial charge in [-0.05, 0) is 13.0 Å². The van der Waals surface area contributed by atoms with Gasteiger partial charge in [0, 0.05) is 25.8 Å². The third kappa shape index (κ3) is 3.34. The molecule has 112 valence electrons. The number of ether oxygens (including phenoxy) is 1. The maximum atomic E-state index is 12.6. The molecule has 1 aliphatic heterocycles. The highest BCUT2D eigenvalue weighted by molar-refractivity contribution is 6.33. The van der Waals surface area contributed by atoms with Crippen LogP contribution < -0.4 is 10.6 Å². The van der Waals surface area contributed by atoms with Crippen LogP contribution in [0.3, 0.4) is 0 Å². The monoisotopic (exact) mass is 309 g/mol. The van der Waals surface area contributed by atoms with E-state index in [0.29, 0.717) is 25.5 Å². The minimum atomic E-state index is -4.45. The summed E-state index contributed by atoms with van der Waals surface area (Å²) in [6.45, 7) is 3.17. The molecule has 2 N–H and O–H groups in total. The Morgan fingerprint density at radius 1 is 1.50 bits per heavy atom. The molecule has 2 unspecified atom stereocenters. The molecule has 0 aromatic carbocycles. The summed E-state index contributed by atoms with van der Waals surface area (Å²) in [5.74, 6) is 0.327. The number of hydrogen-bond acceptors (Lipinski definition) is 4. The van der Waals surface area contributed by atoms with Crippen molar-refractivity contribution in [2.45, 2.75) is 25.3 Å². The van der Waals surface area contributed by atoms with Gasteiger partial charge in [-0.15, -0.1) is 0 Å². The summed E-state index contributed by atoms with van der Waals surface area (Å²) >= 11 is 5.93. The first-order valence-corrected chi connectivity index (χ1v) is 6.52. The van der Waals surface area contributed by atoms with Gasteiger partial charge in [-0.25, -0.2) is 4.98 Å². The summed E-state index contributed by atoms with van der Waals surface area (Å²) in [6.07, 6.45) is -3.93. The number of halogens is 4. The molecule has 20 heavy (non-hydrogen) atoms. The van der Waals surface area contributed by atoms with E-state index in [1.807, 2.05) is 6.92 Å². The van der Waals surface area contributed by atoms with E-state index in [9.17, 15) is 13.2 Å². The topological polar surface area (TPSA) is 51.4 Å². The second kappa shape index (κ2) is 5.75. The highest BCUT2D eigenvalue weighted by atomic mass is 35.5. The second-order valence-corrected chi connectivity index (χ2v) is 5.14. The van der Waals surface area contributed by atoms with Crippen molar-refractivity contribution in [1.82, 2.24) is 4.98 Å². The van der Waals surface area contributed by atoms with E-state index in [4.69, 9.17) is 22.1 Å². The number of alkyl halides is 3. The van der Waals surface area contributed by atoms with Gasteiger partial charge in [-0.3, -0.25) is 0 Å². The number of morpholine rings is 1. The van der Waals surface area contributed by atoms with Crippen molar-refractivity contribution in [1.29, 1.82) is 0 Å². The fourth-order valence-electron chi connectivity index (χ4n) is 2.17. The number of pyridine rings is 1. The Kier molecular flexibility index (Phi) is 4.41. The Hall–Kier alpha value is -1.05. The van der Waals surface area contributed by atoms with E-state index in [-0.39, 0.29) is 17.2 Å². The lowest BCUT2D eigenvalue weighted by Gasteiger charge is -2.37. The van der Waals surface area contributed by atoms with Crippen molar-refractivity contribution in [3.63, 3.8) is 0 Å². The van der Waals surface area contributed by atoms with Crippen LogP contribution in [0.4, 0.5) is 19.0 Å². The lowest BCUT2D eigenvalue weighted by atomic mass is 10.2. The molecule has 2 rings (SSSR count). The maximum Gasteiger partial charge on any atom is 0.417 e. The third-order valence-electron chi connectivity index (χ3n) is 3.04. The molecule has 1 aromatic heterocycles. The van der Waals surface area contributed by atoms with Gasteiger partial charge in [0.1, 0.15) is 5.82 Å². The highest BCUT2D eigenvalue weighted by Crippen LogP contribution is 2.34.